The van der Waals surface area contributed by atoms with Gasteiger partial charge in [0.15, 0.2) is 0 Å². The molecule has 0 radical (unpaired) electrons. The zero-order valence-electron chi connectivity index (χ0n) is 9.88. The Balaban J connectivity index is 2.31. The number of oxime groups is 1. The van der Waals surface area contributed by atoms with Crippen molar-refractivity contribution in [2.24, 2.45) is 5.16 Å². The molecule has 1 saturated heterocycles. The molecule has 5 nitrogen and oxygen atoms in total. The van der Waals surface area contributed by atoms with Crippen molar-refractivity contribution >= 4 is 38.9 Å². The molecule has 1 fully saturated rings. The Hall–Kier alpha value is -0.820. The fourth-order valence-electron chi connectivity index (χ4n) is 1.90. The molecule has 1 heterocycles. The molecule has 1 aliphatic heterocycles. The molecular weight excluding hydrogens is 311 g/mol. The highest BCUT2D eigenvalue weighted by molar-refractivity contribution is 7.89. The monoisotopic (exact) mass is 322 g/mol. The normalized spacial score (nSPS) is 17.5. The first-order valence-electron chi connectivity index (χ1n) is 5.60. The SMILES string of the molecule is O=S(=O)(c1cc(Cl)ccc1Cl)N1CCC(=NO)CC1. The van der Waals surface area contributed by atoms with Crippen LogP contribution in [0.1, 0.15) is 12.8 Å². The Morgan fingerprint density at radius 3 is 2.42 bits per heavy atom. The summed E-state index contributed by atoms with van der Waals surface area (Å²) in [6.07, 6.45) is 0.821. The Bertz CT molecular complexity index is 606. The van der Waals surface area contributed by atoms with Crippen molar-refractivity contribution < 1.29 is 13.6 Å². The third-order valence-corrected chi connectivity index (χ3v) is 5.57. The van der Waals surface area contributed by atoms with Gasteiger partial charge in [-0.25, -0.2) is 8.42 Å². The predicted molar refractivity (Wildman–Crippen MR) is 73.7 cm³/mol. The second-order valence-electron chi connectivity index (χ2n) is 4.15. The fraction of sp³-hybridized carbons (Fsp3) is 0.364. The summed E-state index contributed by atoms with van der Waals surface area (Å²) in [5, 5.41) is 12.2. The quantitative estimate of drug-likeness (QED) is 0.672. The van der Waals surface area contributed by atoms with Gasteiger partial charge in [0.2, 0.25) is 10.0 Å². The van der Waals surface area contributed by atoms with Gasteiger partial charge in [-0.15, -0.1) is 0 Å². The second-order valence-corrected chi connectivity index (χ2v) is 6.90. The van der Waals surface area contributed by atoms with Gasteiger partial charge in [0.25, 0.3) is 0 Å². The number of halogens is 2. The standard InChI is InChI=1S/C11H12Cl2N2O3S/c12-8-1-2-10(13)11(7-8)19(17,18)15-5-3-9(14-16)4-6-15/h1-2,7,16H,3-6H2. The average molecular weight is 323 g/mol. The molecular formula is C11H12Cl2N2O3S. The van der Waals surface area contributed by atoms with Crippen LogP contribution in [0.2, 0.25) is 10.0 Å². The number of sulfonamides is 1. The molecule has 19 heavy (non-hydrogen) atoms. The van der Waals surface area contributed by atoms with Crippen LogP contribution in [0.4, 0.5) is 0 Å². The maximum absolute atomic E-state index is 12.4. The number of hydrogen-bond acceptors (Lipinski definition) is 4. The number of rotatable bonds is 2. The maximum atomic E-state index is 12.4. The smallest absolute Gasteiger partial charge is 0.244 e. The minimum atomic E-state index is -3.67. The largest absolute Gasteiger partial charge is 0.411 e. The van der Waals surface area contributed by atoms with Crippen LogP contribution in [0.25, 0.3) is 0 Å². The molecule has 0 atom stereocenters. The molecule has 0 spiro atoms. The van der Waals surface area contributed by atoms with Gasteiger partial charge in [0.1, 0.15) is 4.90 Å². The maximum Gasteiger partial charge on any atom is 0.244 e. The summed E-state index contributed by atoms with van der Waals surface area (Å²) in [5.41, 5.74) is 0.601. The molecule has 0 aromatic heterocycles. The summed E-state index contributed by atoms with van der Waals surface area (Å²) in [6, 6.07) is 4.34. The molecule has 1 aromatic rings. The van der Waals surface area contributed by atoms with E-state index in [4.69, 9.17) is 28.4 Å². The highest BCUT2D eigenvalue weighted by Gasteiger charge is 2.29. The van der Waals surface area contributed by atoms with Gasteiger partial charge in [0, 0.05) is 31.0 Å². The van der Waals surface area contributed by atoms with Crippen LogP contribution in [0.3, 0.4) is 0 Å². The van der Waals surface area contributed by atoms with E-state index >= 15 is 0 Å². The minimum Gasteiger partial charge on any atom is -0.411 e. The van der Waals surface area contributed by atoms with Crippen LogP contribution in [-0.2, 0) is 10.0 Å². The zero-order valence-corrected chi connectivity index (χ0v) is 12.2. The highest BCUT2D eigenvalue weighted by Crippen LogP contribution is 2.28. The number of hydrogen-bond donors (Lipinski definition) is 1. The van der Waals surface area contributed by atoms with Gasteiger partial charge in [-0.1, -0.05) is 28.4 Å². The molecule has 104 valence electrons. The molecule has 1 N–H and O–H groups in total. The lowest BCUT2D eigenvalue weighted by Gasteiger charge is -2.26. The zero-order chi connectivity index (χ0) is 14.0. The Morgan fingerprint density at radius 1 is 1.21 bits per heavy atom. The molecule has 0 bridgehead atoms. The van der Waals surface area contributed by atoms with Gasteiger partial charge in [-0.3, -0.25) is 0 Å². The lowest BCUT2D eigenvalue weighted by molar-refractivity contribution is 0.310. The third kappa shape index (κ3) is 3.02. The lowest BCUT2D eigenvalue weighted by atomic mass is 10.1. The van der Waals surface area contributed by atoms with E-state index in [2.05, 4.69) is 5.16 Å². The molecule has 0 amide bonds. The summed E-state index contributed by atoms with van der Waals surface area (Å²) in [6.45, 7) is 0.537. The van der Waals surface area contributed by atoms with Crippen LogP contribution in [-0.4, -0.2) is 36.7 Å². The Labute approximate surface area is 121 Å². The van der Waals surface area contributed by atoms with Crippen LogP contribution < -0.4 is 0 Å². The average Bonchev–Trinajstić information content (AvgIpc) is 2.41. The molecule has 0 saturated carbocycles. The van der Waals surface area contributed by atoms with Crippen molar-refractivity contribution in [1.82, 2.24) is 4.31 Å². The summed E-state index contributed by atoms with van der Waals surface area (Å²) in [4.78, 5) is 0.00561. The second kappa shape index (κ2) is 5.66. The number of nitrogens with zero attached hydrogens (tertiary/aromatic N) is 2. The van der Waals surface area contributed by atoms with Gasteiger partial charge in [-0.05, 0) is 18.2 Å². The first-order chi connectivity index (χ1) is 8.95. The van der Waals surface area contributed by atoms with E-state index in [0.29, 0.717) is 23.6 Å². The van der Waals surface area contributed by atoms with E-state index in [0.717, 1.165) is 0 Å². The number of piperidine rings is 1. The topological polar surface area (TPSA) is 70.0 Å². The molecule has 1 aromatic carbocycles. The van der Waals surface area contributed by atoms with E-state index < -0.39 is 10.0 Å². The van der Waals surface area contributed by atoms with Gasteiger partial charge in [0.05, 0.1) is 10.7 Å². The molecule has 0 aliphatic carbocycles. The van der Waals surface area contributed by atoms with Gasteiger partial charge >= 0.3 is 0 Å². The summed E-state index contributed by atoms with van der Waals surface area (Å²) >= 11 is 11.7. The van der Waals surface area contributed by atoms with E-state index in [1.165, 1.54) is 22.5 Å². The van der Waals surface area contributed by atoms with Crippen molar-refractivity contribution in [3.63, 3.8) is 0 Å². The lowest BCUT2D eigenvalue weighted by Crippen LogP contribution is -2.38. The first-order valence-corrected chi connectivity index (χ1v) is 7.80. The Kier molecular flexibility index (Phi) is 4.35. The van der Waals surface area contributed by atoms with Gasteiger partial charge < -0.3 is 5.21 Å². The van der Waals surface area contributed by atoms with E-state index in [-0.39, 0.29) is 23.0 Å². The fourth-order valence-corrected chi connectivity index (χ4v) is 4.08. The van der Waals surface area contributed by atoms with Gasteiger partial charge in [-0.2, -0.15) is 4.31 Å². The molecule has 2 rings (SSSR count). The molecule has 1 aliphatic rings. The highest BCUT2D eigenvalue weighted by atomic mass is 35.5. The van der Waals surface area contributed by atoms with Crippen molar-refractivity contribution in [2.75, 3.05) is 13.1 Å². The Morgan fingerprint density at radius 2 is 1.84 bits per heavy atom. The van der Waals surface area contributed by atoms with Crippen molar-refractivity contribution in [1.29, 1.82) is 0 Å². The minimum absolute atomic E-state index is 0.00561. The first kappa shape index (κ1) is 14.6. The van der Waals surface area contributed by atoms with E-state index in [1.54, 1.807) is 0 Å². The summed E-state index contributed by atoms with van der Waals surface area (Å²) in [5.74, 6) is 0. The van der Waals surface area contributed by atoms with E-state index in [1.807, 2.05) is 0 Å². The third-order valence-electron chi connectivity index (χ3n) is 2.95. The van der Waals surface area contributed by atoms with Crippen molar-refractivity contribution in [3.05, 3.63) is 28.2 Å². The van der Waals surface area contributed by atoms with Crippen molar-refractivity contribution in [3.8, 4) is 0 Å². The summed E-state index contributed by atoms with van der Waals surface area (Å²) < 4.78 is 26.2. The van der Waals surface area contributed by atoms with E-state index in [9.17, 15) is 8.42 Å². The van der Waals surface area contributed by atoms with Crippen LogP contribution >= 0.6 is 23.2 Å². The van der Waals surface area contributed by atoms with Crippen LogP contribution in [0.15, 0.2) is 28.3 Å². The van der Waals surface area contributed by atoms with Crippen LogP contribution in [0, 0.1) is 0 Å². The van der Waals surface area contributed by atoms with Crippen molar-refractivity contribution in [2.45, 2.75) is 17.7 Å². The molecule has 8 heteroatoms. The predicted octanol–water partition coefficient (Wildman–Crippen LogP) is 2.61. The summed E-state index contributed by atoms with van der Waals surface area (Å²) in [7, 11) is -3.67. The van der Waals surface area contributed by atoms with Crippen LogP contribution in [0.5, 0.6) is 0 Å². The number of benzene rings is 1. The molecule has 0 unspecified atom stereocenters.